The monoisotopic (exact) mass is 372 g/mol. The lowest BCUT2D eigenvalue weighted by molar-refractivity contribution is 0.00578. The lowest BCUT2D eigenvalue weighted by atomic mass is 9.73. The summed E-state index contributed by atoms with van der Waals surface area (Å²) in [6.07, 6.45) is 3.38. The van der Waals surface area contributed by atoms with E-state index < -0.39 is 5.60 Å². The Hall–Kier alpha value is -1.59. The van der Waals surface area contributed by atoms with Crippen LogP contribution in [-0.4, -0.2) is 29.9 Å². The Balaban J connectivity index is 2.19. The van der Waals surface area contributed by atoms with Gasteiger partial charge in [-0.05, 0) is 84.8 Å². The molecule has 0 amide bonds. The lowest BCUT2D eigenvalue weighted by Gasteiger charge is -2.32. The van der Waals surface area contributed by atoms with E-state index in [2.05, 4.69) is 34.3 Å². The molecule has 1 aliphatic heterocycles. The molecule has 1 atom stereocenters. The predicted octanol–water partition coefficient (Wildman–Crippen LogP) is 5.39. The van der Waals surface area contributed by atoms with Crippen molar-refractivity contribution in [3.8, 4) is 0 Å². The van der Waals surface area contributed by atoms with Crippen molar-refractivity contribution in [2.75, 3.05) is 0 Å². The number of carbonyl (C=O) groups is 1. The second kappa shape index (κ2) is 7.80. The summed E-state index contributed by atoms with van der Waals surface area (Å²) in [4.78, 5) is 12.4. The van der Waals surface area contributed by atoms with Gasteiger partial charge in [0.25, 0.3) is 0 Å². The van der Waals surface area contributed by atoms with Crippen LogP contribution < -0.4 is 0 Å². The Kier molecular flexibility index (Phi) is 6.28. The molecule has 1 aromatic carbocycles. The van der Waals surface area contributed by atoms with Gasteiger partial charge in [-0.2, -0.15) is 0 Å². The van der Waals surface area contributed by atoms with Crippen LogP contribution in [0, 0.1) is 0 Å². The number of ether oxygens (including phenoxy) is 1. The van der Waals surface area contributed by atoms with Gasteiger partial charge >= 0.3 is 13.1 Å². The van der Waals surface area contributed by atoms with Crippen LogP contribution in [0.5, 0.6) is 0 Å². The minimum atomic E-state index is -0.518. The number of benzene rings is 1. The third-order valence-electron chi connectivity index (χ3n) is 5.22. The second-order valence-corrected chi connectivity index (χ2v) is 9.27. The summed E-state index contributed by atoms with van der Waals surface area (Å²) < 4.78 is 17.8. The Bertz CT molecular complexity index is 672. The summed E-state index contributed by atoms with van der Waals surface area (Å²) >= 11 is 0. The fourth-order valence-corrected chi connectivity index (χ4v) is 3.12. The third-order valence-corrected chi connectivity index (χ3v) is 5.22. The lowest BCUT2D eigenvalue weighted by Crippen LogP contribution is -2.41. The first-order valence-electron chi connectivity index (χ1n) is 9.64. The zero-order valence-corrected chi connectivity index (χ0v) is 17.8. The second-order valence-electron chi connectivity index (χ2n) is 9.27. The van der Waals surface area contributed by atoms with Gasteiger partial charge in [0, 0.05) is 0 Å². The van der Waals surface area contributed by atoms with Gasteiger partial charge < -0.3 is 14.0 Å². The minimum Gasteiger partial charge on any atom is -0.456 e. The quantitative estimate of drug-likeness (QED) is 0.381. The summed E-state index contributed by atoms with van der Waals surface area (Å²) in [5.41, 5.74) is 0.401. The first kappa shape index (κ1) is 21.7. The molecule has 0 aliphatic carbocycles. The molecule has 0 spiro atoms. The maximum absolute atomic E-state index is 12.4. The number of allylic oxidation sites excluding steroid dienone is 1. The zero-order chi connectivity index (χ0) is 20.5. The summed E-state index contributed by atoms with van der Waals surface area (Å²) in [6.45, 7) is 17.7. The van der Waals surface area contributed by atoms with Crippen LogP contribution in [0.2, 0.25) is 6.32 Å². The fraction of sp³-hybridized carbons (Fsp3) is 0.591. The number of carbonyl (C=O) groups excluding carboxylic acids is 1. The molecule has 1 aromatic rings. The highest BCUT2D eigenvalue weighted by molar-refractivity contribution is 6.45. The SMILES string of the molecule is C=CC[C@@H](CB1OC(C)(C)C(C)(C)O1)c1cccc(C(=O)OC(C)(C)C)c1. The number of hydrogen-bond acceptors (Lipinski definition) is 4. The predicted molar refractivity (Wildman–Crippen MR) is 110 cm³/mol. The van der Waals surface area contributed by atoms with Crippen LogP contribution in [0.25, 0.3) is 0 Å². The Morgan fingerprint density at radius 2 is 1.81 bits per heavy atom. The summed E-state index contributed by atoms with van der Waals surface area (Å²) in [5.74, 6) is -0.156. The van der Waals surface area contributed by atoms with Gasteiger partial charge in [0.1, 0.15) is 5.60 Å². The molecule has 0 radical (unpaired) electrons. The minimum absolute atomic E-state index is 0.152. The van der Waals surface area contributed by atoms with Crippen molar-refractivity contribution in [3.05, 3.63) is 48.0 Å². The van der Waals surface area contributed by atoms with Gasteiger partial charge in [-0.15, -0.1) is 6.58 Å². The smallest absolute Gasteiger partial charge is 0.456 e. The number of hydrogen-bond donors (Lipinski definition) is 0. The molecule has 0 N–H and O–H groups in total. The topological polar surface area (TPSA) is 44.8 Å². The van der Waals surface area contributed by atoms with Crippen LogP contribution in [0.4, 0.5) is 0 Å². The number of esters is 1. The Morgan fingerprint density at radius 1 is 1.22 bits per heavy atom. The van der Waals surface area contributed by atoms with E-state index in [1.165, 1.54) is 0 Å². The van der Waals surface area contributed by atoms with E-state index in [1.54, 1.807) is 6.07 Å². The molecule has 0 unspecified atom stereocenters. The van der Waals surface area contributed by atoms with Crippen LogP contribution in [0.3, 0.4) is 0 Å². The van der Waals surface area contributed by atoms with Crippen molar-refractivity contribution in [2.24, 2.45) is 0 Å². The van der Waals surface area contributed by atoms with Crippen molar-refractivity contribution in [2.45, 2.75) is 83.9 Å². The maximum Gasteiger partial charge on any atom is 0.458 e. The van der Waals surface area contributed by atoms with E-state index in [1.807, 2.05) is 45.0 Å². The maximum atomic E-state index is 12.4. The standard InChI is InChI=1S/C22H33BO4/c1-9-11-18(15-23-26-21(5,6)22(7,8)27-23)16-12-10-13-17(14-16)19(24)25-20(2,3)4/h9-10,12-14,18H,1,11,15H2,2-8H3/t18-/m0/s1. The molecule has 0 aromatic heterocycles. The highest BCUT2D eigenvalue weighted by Gasteiger charge is 2.51. The van der Waals surface area contributed by atoms with Crippen LogP contribution in [0.15, 0.2) is 36.9 Å². The van der Waals surface area contributed by atoms with E-state index in [-0.39, 0.29) is 30.2 Å². The van der Waals surface area contributed by atoms with E-state index in [4.69, 9.17) is 14.0 Å². The van der Waals surface area contributed by atoms with Crippen molar-refractivity contribution < 1.29 is 18.8 Å². The molecular formula is C22H33BO4. The van der Waals surface area contributed by atoms with Crippen molar-refractivity contribution in [1.82, 2.24) is 0 Å². The molecule has 0 bridgehead atoms. The van der Waals surface area contributed by atoms with Gasteiger partial charge in [-0.25, -0.2) is 4.79 Å². The normalized spacial score (nSPS) is 19.6. The van der Waals surface area contributed by atoms with Crippen molar-refractivity contribution in [1.29, 1.82) is 0 Å². The molecular weight excluding hydrogens is 339 g/mol. The molecule has 2 rings (SSSR count). The first-order chi connectivity index (χ1) is 12.3. The van der Waals surface area contributed by atoms with Crippen molar-refractivity contribution >= 4 is 13.1 Å². The van der Waals surface area contributed by atoms with Crippen molar-refractivity contribution in [3.63, 3.8) is 0 Å². The molecule has 1 fully saturated rings. The van der Waals surface area contributed by atoms with Gasteiger partial charge in [0.2, 0.25) is 0 Å². The molecule has 1 saturated heterocycles. The average molecular weight is 372 g/mol. The fourth-order valence-electron chi connectivity index (χ4n) is 3.12. The summed E-state index contributed by atoms with van der Waals surface area (Å²) in [7, 11) is -0.287. The number of rotatable bonds is 6. The molecule has 0 saturated carbocycles. The molecule has 1 aliphatic rings. The Morgan fingerprint density at radius 3 is 2.33 bits per heavy atom. The van der Waals surface area contributed by atoms with Gasteiger partial charge in [-0.1, -0.05) is 18.2 Å². The summed E-state index contributed by atoms with van der Waals surface area (Å²) in [6, 6.07) is 7.63. The third kappa shape index (κ3) is 5.46. The molecule has 4 nitrogen and oxygen atoms in total. The van der Waals surface area contributed by atoms with E-state index in [0.717, 1.165) is 12.0 Å². The van der Waals surface area contributed by atoms with Gasteiger partial charge in [-0.3, -0.25) is 0 Å². The van der Waals surface area contributed by atoms with Crippen LogP contribution >= 0.6 is 0 Å². The van der Waals surface area contributed by atoms with Crippen LogP contribution in [-0.2, 0) is 14.0 Å². The molecule has 1 heterocycles. The molecule has 148 valence electrons. The first-order valence-corrected chi connectivity index (χ1v) is 9.64. The van der Waals surface area contributed by atoms with Crippen LogP contribution in [0.1, 0.15) is 76.7 Å². The van der Waals surface area contributed by atoms with E-state index in [9.17, 15) is 4.79 Å². The van der Waals surface area contributed by atoms with E-state index in [0.29, 0.717) is 11.9 Å². The highest BCUT2D eigenvalue weighted by atomic mass is 16.7. The van der Waals surface area contributed by atoms with Gasteiger partial charge in [0.15, 0.2) is 0 Å². The highest BCUT2D eigenvalue weighted by Crippen LogP contribution is 2.40. The largest absolute Gasteiger partial charge is 0.458 e. The zero-order valence-electron chi connectivity index (χ0n) is 17.8. The molecule has 27 heavy (non-hydrogen) atoms. The van der Waals surface area contributed by atoms with Gasteiger partial charge in [0.05, 0.1) is 16.8 Å². The Labute approximate surface area is 164 Å². The van der Waals surface area contributed by atoms with E-state index >= 15 is 0 Å². The summed E-state index contributed by atoms with van der Waals surface area (Å²) in [5, 5.41) is 0. The molecule has 5 heteroatoms. The average Bonchev–Trinajstić information content (AvgIpc) is 2.72.